The molecule has 2 radical (unpaired) electrons. The van der Waals surface area contributed by atoms with Crippen LogP contribution >= 0.6 is 0 Å². The zero-order valence-corrected chi connectivity index (χ0v) is 10.2. The molecule has 0 saturated carbocycles. The first-order chi connectivity index (χ1) is 4.16. The van der Waals surface area contributed by atoms with Crippen LogP contribution in [-0.2, 0) is 0 Å². The monoisotopic (exact) mass is 181 g/mol. The minimum Gasteiger partial charge on any atom is -0.464 e. The topological polar surface area (TPSA) is 111 Å². The SMILES string of the molecule is O=C(O)NNC(=O)NO.[Na].[Na]. The molecule has 0 aromatic rings. The number of carboxylic acid groups (broad SMARTS) is 1. The van der Waals surface area contributed by atoms with Crippen molar-refractivity contribution in [1.29, 1.82) is 0 Å². The molecular formula is C2H5N3Na2O4. The second-order valence-corrected chi connectivity index (χ2v) is 0.996. The van der Waals surface area contributed by atoms with Gasteiger partial charge in [-0.2, -0.15) is 0 Å². The molecule has 0 unspecified atom stereocenters. The van der Waals surface area contributed by atoms with Gasteiger partial charge in [0.2, 0.25) is 0 Å². The molecule has 11 heavy (non-hydrogen) atoms. The molecular weight excluding hydrogens is 176 g/mol. The van der Waals surface area contributed by atoms with Crippen LogP contribution in [0.25, 0.3) is 0 Å². The van der Waals surface area contributed by atoms with E-state index in [1.807, 2.05) is 0 Å². The van der Waals surface area contributed by atoms with Crippen LogP contribution in [-0.4, -0.2) is 81.6 Å². The zero-order valence-electron chi connectivity index (χ0n) is 6.21. The molecule has 0 aliphatic rings. The first-order valence-corrected chi connectivity index (χ1v) is 1.86. The standard InChI is InChI=1S/C2H5N3O4.2Na/c6-1(5-9)3-4-2(7)8;;/h4,9H,(H,7,8)(H2,3,5,6);;. The molecule has 0 fully saturated rings. The second kappa shape index (κ2) is 10.5. The molecule has 0 spiro atoms. The first kappa shape index (κ1) is 17.5. The molecule has 54 valence electrons. The van der Waals surface area contributed by atoms with E-state index in [1.54, 1.807) is 5.43 Å². The van der Waals surface area contributed by atoms with E-state index in [1.165, 1.54) is 5.43 Å². The second-order valence-electron chi connectivity index (χ2n) is 0.996. The molecule has 0 rings (SSSR count). The number of rotatable bonds is 0. The quantitative estimate of drug-likeness (QED) is 0.171. The summed E-state index contributed by atoms with van der Waals surface area (Å²) in [6.45, 7) is 0. The number of carbonyl (C=O) groups is 2. The Labute approximate surface area is 106 Å². The predicted molar refractivity (Wildman–Crippen MR) is 36.1 cm³/mol. The summed E-state index contributed by atoms with van der Waals surface area (Å²) >= 11 is 0. The van der Waals surface area contributed by atoms with E-state index in [0.29, 0.717) is 0 Å². The molecule has 9 heteroatoms. The smallest absolute Gasteiger partial charge is 0.423 e. The number of hydroxylamine groups is 1. The summed E-state index contributed by atoms with van der Waals surface area (Å²) in [5.74, 6) is 0. The van der Waals surface area contributed by atoms with Crippen molar-refractivity contribution >= 4 is 71.2 Å². The van der Waals surface area contributed by atoms with Gasteiger partial charge in [-0.05, 0) is 0 Å². The number of carbonyl (C=O) groups excluding carboxylic acids is 1. The minimum atomic E-state index is -1.42. The molecule has 0 heterocycles. The molecule has 7 nitrogen and oxygen atoms in total. The van der Waals surface area contributed by atoms with Gasteiger partial charge in [0, 0.05) is 59.1 Å². The number of nitrogens with one attached hydrogen (secondary N) is 3. The van der Waals surface area contributed by atoms with Gasteiger partial charge in [0.25, 0.3) is 0 Å². The number of hydrazine groups is 1. The van der Waals surface area contributed by atoms with Crippen LogP contribution in [0.3, 0.4) is 0 Å². The van der Waals surface area contributed by atoms with Crippen molar-refractivity contribution in [2.24, 2.45) is 0 Å². The number of hydrogen-bond donors (Lipinski definition) is 5. The molecule has 5 N–H and O–H groups in total. The third kappa shape index (κ3) is 13.5. The normalized spacial score (nSPS) is 6.27. The minimum absolute atomic E-state index is 0. The van der Waals surface area contributed by atoms with Crippen molar-refractivity contribution in [3.05, 3.63) is 0 Å². The fourth-order valence-corrected chi connectivity index (χ4v) is 0.138. The zero-order chi connectivity index (χ0) is 7.28. The van der Waals surface area contributed by atoms with Gasteiger partial charge >= 0.3 is 12.1 Å². The van der Waals surface area contributed by atoms with Crippen LogP contribution in [0.4, 0.5) is 9.59 Å². The van der Waals surface area contributed by atoms with Crippen molar-refractivity contribution in [3.63, 3.8) is 0 Å². The Morgan fingerprint density at radius 1 is 1.09 bits per heavy atom. The fourth-order valence-electron chi connectivity index (χ4n) is 0.138. The summed E-state index contributed by atoms with van der Waals surface area (Å²) < 4.78 is 0. The Hall–Kier alpha value is 0.500. The third-order valence-corrected chi connectivity index (χ3v) is 0.385. The maximum Gasteiger partial charge on any atom is 0.423 e. The van der Waals surface area contributed by atoms with E-state index in [9.17, 15) is 9.59 Å². The number of urea groups is 1. The van der Waals surface area contributed by atoms with Gasteiger partial charge < -0.3 is 5.11 Å². The number of hydrogen-bond acceptors (Lipinski definition) is 3. The van der Waals surface area contributed by atoms with Crippen LogP contribution in [0.5, 0.6) is 0 Å². The molecule has 0 atom stereocenters. The van der Waals surface area contributed by atoms with E-state index in [0.717, 1.165) is 5.48 Å². The van der Waals surface area contributed by atoms with Gasteiger partial charge in [0.05, 0.1) is 0 Å². The van der Waals surface area contributed by atoms with Crippen molar-refractivity contribution in [1.82, 2.24) is 16.3 Å². The van der Waals surface area contributed by atoms with E-state index in [4.69, 9.17) is 10.3 Å². The summed E-state index contributed by atoms with van der Waals surface area (Å²) in [5, 5.41) is 15.6. The van der Waals surface area contributed by atoms with Crippen molar-refractivity contribution in [3.8, 4) is 0 Å². The van der Waals surface area contributed by atoms with E-state index in [-0.39, 0.29) is 59.1 Å². The number of amides is 3. The van der Waals surface area contributed by atoms with Gasteiger partial charge in [-0.1, -0.05) is 0 Å². The summed E-state index contributed by atoms with van der Waals surface area (Å²) in [6.07, 6.45) is -1.42. The van der Waals surface area contributed by atoms with Crippen LogP contribution in [0.2, 0.25) is 0 Å². The summed E-state index contributed by atoms with van der Waals surface area (Å²) in [6, 6.07) is -1.04. The van der Waals surface area contributed by atoms with Gasteiger partial charge in [-0.15, -0.1) is 0 Å². The van der Waals surface area contributed by atoms with E-state index in [2.05, 4.69) is 0 Å². The third-order valence-electron chi connectivity index (χ3n) is 0.385. The maximum absolute atomic E-state index is 9.92. The van der Waals surface area contributed by atoms with Gasteiger partial charge in [-0.25, -0.2) is 25.9 Å². The predicted octanol–water partition coefficient (Wildman–Crippen LogP) is -1.90. The molecule has 0 aromatic carbocycles. The summed E-state index contributed by atoms with van der Waals surface area (Å²) in [7, 11) is 0. The average molecular weight is 181 g/mol. The van der Waals surface area contributed by atoms with Gasteiger partial charge in [0.1, 0.15) is 0 Å². The van der Waals surface area contributed by atoms with E-state index < -0.39 is 12.1 Å². The van der Waals surface area contributed by atoms with Crippen LogP contribution in [0, 0.1) is 0 Å². The van der Waals surface area contributed by atoms with E-state index >= 15 is 0 Å². The Morgan fingerprint density at radius 3 is 1.82 bits per heavy atom. The molecule has 3 amide bonds. The van der Waals surface area contributed by atoms with Crippen molar-refractivity contribution < 1.29 is 19.9 Å². The Balaban J connectivity index is -0.000000320. The Bertz CT molecular complexity index is 131. The van der Waals surface area contributed by atoms with Gasteiger partial charge in [-0.3, -0.25) is 5.21 Å². The molecule has 0 saturated heterocycles. The molecule has 0 aromatic heterocycles. The van der Waals surface area contributed by atoms with Crippen molar-refractivity contribution in [2.75, 3.05) is 0 Å². The Kier molecular flexibility index (Phi) is 16.8. The van der Waals surface area contributed by atoms with Crippen LogP contribution < -0.4 is 16.3 Å². The summed E-state index contributed by atoms with van der Waals surface area (Å²) in [5.41, 5.74) is 4.22. The summed E-state index contributed by atoms with van der Waals surface area (Å²) in [4.78, 5) is 19.5. The molecule has 0 aliphatic heterocycles. The largest absolute Gasteiger partial charge is 0.464 e. The van der Waals surface area contributed by atoms with Crippen molar-refractivity contribution in [2.45, 2.75) is 0 Å². The van der Waals surface area contributed by atoms with Crippen LogP contribution in [0.1, 0.15) is 0 Å². The Morgan fingerprint density at radius 2 is 1.55 bits per heavy atom. The average Bonchev–Trinajstić information content (AvgIpc) is 1.83. The molecule has 0 bridgehead atoms. The molecule has 0 aliphatic carbocycles. The maximum atomic E-state index is 9.92. The fraction of sp³-hybridized carbons (Fsp3) is 0. The first-order valence-electron chi connectivity index (χ1n) is 1.86. The van der Waals surface area contributed by atoms with Crippen LogP contribution in [0.15, 0.2) is 0 Å². The van der Waals surface area contributed by atoms with Gasteiger partial charge in [0.15, 0.2) is 0 Å².